The van der Waals surface area contributed by atoms with Gasteiger partial charge in [0.05, 0.1) is 0 Å². The summed E-state index contributed by atoms with van der Waals surface area (Å²) >= 11 is 0. The topological polar surface area (TPSA) is 58.7 Å². The Bertz CT molecular complexity index is 515. The summed E-state index contributed by atoms with van der Waals surface area (Å²) in [5.41, 5.74) is 5.98. The van der Waals surface area contributed by atoms with E-state index in [-0.39, 0.29) is 11.8 Å². The molecule has 0 spiro atoms. The van der Waals surface area contributed by atoms with E-state index in [1.165, 1.54) is 12.1 Å². The van der Waals surface area contributed by atoms with Crippen molar-refractivity contribution in [2.45, 2.75) is 25.8 Å². The molecule has 1 unspecified atom stereocenters. The lowest BCUT2D eigenvalue weighted by atomic mass is 9.90. The zero-order valence-corrected chi connectivity index (χ0v) is 10.5. The van der Waals surface area contributed by atoms with Crippen molar-refractivity contribution >= 4 is 11.9 Å². The molecule has 4 nitrogen and oxygen atoms in total. The first-order valence-corrected chi connectivity index (χ1v) is 5.88. The minimum Gasteiger partial charge on any atom is -0.385 e. The SMILES string of the molecule is CCN1C(=O)N=C(N)C1(C)Cc1cccc(F)c1. The first-order valence-electron chi connectivity index (χ1n) is 5.88. The normalized spacial score (nSPS) is 23.4. The first-order chi connectivity index (χ1) is 8.47. The number of hydrogen-bond donors (Lipinski definition) is 1. The van der Waals surface area contributed by atoms with Crippen LogP contribution >= 0.6 is 0 Å². The number of amidine groups is 1. The van der Waals surface area contributed by atoms with Crippen LogP contribution in [0.2, 0.25) is 0 Å². The molecule has 1 aromatic rings. The van der Waals surface area contributed by atoms with Crippen molar-refractivity contribution in [2.24, 2.45) is 10.7 Å². The van der Waals surface area contributed by atoms with Crippen molar-refractivity contribution in [3.8, 4) is 0 Å². The zero-order valence-electron chi connectivity index (χ0n) is 10.5. The molecule has 0 radical (unpaired) electrons. The molecular weight excluding hydrogens is 233 g/mol. The molecule has 18 heavy (non-hydrogen) atoms. The van der Waals surface area contributed by atoms with E-state index in [9.17, 15) is 9.18 Å². The van der Waals surface area contributed by atoms with Crippen LogP contribution in [0.4, 0.5) is 9.18 Å². The fourth-order valence-electron chi connectivity index (χ4n) is 2.35. The highest BCUT2D eigenvalue weighted by atomic mass is 19.1. The Hall–Kier alpha value is -1.91. The Morgan fingerprint density at radius 2 is 2.22 bits per heavy atom. The number of nitrogens with two attached hydrogens (primary N) is 1. The highest BCUT2D eigenvalue weighted by Crippen LogP contribution is 2.27. The van der Waals surface area contributed by atoms with Gasteiger partial charge in [0.25, 0.3) is 0 Å². The molecule has 0 saturated carbocycles. The molecule has 96 valence electrons. The molecule has 0 aliphatic carbocycles. The van der Waals surface area contributed by atoms with Crippen molar-refractivity contribution in [3.05, 3.63) is 35.6 Å². The summed E-state index contributed by atoms with van der Waals surface area (Å²) in [5, 5.41) is 0. The van der Waals surface area contributed by atoms with E-state index in [1.54, 1.807) is 11.0 Å². The highest BCUT2D eigenvalue weighted by Gasteiger charge is 2.43. The molecule has 1 aliphatic heterocycles. The molecule has 1 heterocycles. The third-order valence-electron chi connectivity index (χ3n) is 3.35. The summed E-state index contributed by atoms with van der Waals surface area (Å²) < 4.78 is 13.2. The molecule has 0 fully saturated rings. The molecule has 1 atom stereocenters. The van der Waals surface area contributed by atoms with Crippen LogP contribution in [0, 0.1) is 5.82 Å². The number of halogens is 1. The summed E-state index contributed by atoms with van der Waals surface area (Å²) in [5.74, 6) is -0.00223. The third kappa shape index (κ3) is 1.96. The average Bonchev–Trinajstić information content (AvgIpc) is 2.49. The number of carbonyl (C=O) groups is 1. The summed E-state index contributed by atoms with van der Waals surface area (Å²) in [4.78, 5) is 17.1. The zero-order chi connectivity index (χ0) is 13.3. The second-order valence-electron chi connectivity index (χ2n) is 4.60. The lowest BCUT2D eigenvalue weighted by Gasteiger charge is -2.34. The lowest BCUT2D eigenvalue weighted by molar-refractivity contribution is 0.182. The van der Waals surface area contributed by atoms with Gasteiger partial charge in [0.1, 0.15) is 17.2 Å². The minimum absolute atomic E-state index is 0.290. The molecule has 2 rings (SSSR count). The van der Waals surface area contributed by atoms with Gasteiger partial charge in [-0.2, -0.15) is 4.99 Å². The Morgan fingerprint density at radius 3 is 2.83 bits per heavy atom. The third-order valence-corrected chi connectivity index (χ3v) is 3.35. The van der Waals surface area contributed by atoms with Gasteiger partial charge in [-0.1, -0.05) is 12.1 Å². The van der Waals surface area contributed by atoms with Gasteiger partial charge in [0.2, 0.25) is 0 Å². The molecule has 0 aromatic heterocycles. The largest absolute Gasteiger partial charge is 0.385 e. The minimum atomic E-state index is -0.667. The summed E-state index contributed by atoms with van der Waals surface area (Å²) in [7, 11) is 0. The van der Waals surface area contributed by atoms with Crippen molar-refractivity contribution in [1.29, 1.82) is 0 Å². The Balaban J connectivity index is 2.31. The smallest absolute Gasteiger partial charge is 0.346 e. The van der Waals surface area contributed by atoms with E-state index >= 15 is 0 Å². The summed E-state index contributed by atoms with van der Waals surface area (Å²) in [6, 6.07) is 5.98. The molecule has 1 aromatic carbocycles. The number of rotatable bonds is 3. The molecular formula is C13H16FN3O. The molecule has 0 saturated heterocycles. The molecule has 2 amide bonds. The second kappa shape index (κ2) is 4.40. The fraction of sp³-hybridized carbons (Fsp3) is 0.385. The van der Waals surface area contributed by atoms with Crippen LogP contribution in [0.3, 0.4) is 0 Å². The number of aliphatic imine (C=N–C) groups is 1. The van der Waals surface area contributed by atoms with Gasteiger partial charge in [-0.05, 0) is 31.5 Å². The van der Waals surface area contributed by atoms with Crippen LogP contribution in [0.25, 0.3) is 0 Å². The van der Waals surface area contributed by atoms with Gasteiger partial charge in [-0.25, -0.2) is 9.18 Å². The number of nitrogens with zero attached hydrogens (tertiary/aromatic N) is 2. The van der Waals surface area contributed by atoms with Gasteiger partial charge < -0.3 is 10.6 Å². The van der Waals surface area contributed by atoms with Crippen LogP contribution < -0.4 is 5.73 Å². The van der Waals surface area contributed by atoms with E-state index in [1.807, 2.05) is 19.9 Å². The summed E-state index contributed by atoms with van der Waals surface area (Å²) in [6.45, 7) is 4.25. The van der Waals surface area contributed by atoms with Crippen molar-refractivity contribution < 1.29 is 9.18 Å². The number of urea groups is 1. The maximum atomic E-state index is 13.2. The number of benzene rings is 1. The van der Waals surface area contributed by atoms with E-state index in [0.29, 0.717) is 18.8 Å². The second-order valence-corrected chi connectivity index (χ2v) is 4.60. The van der Waals surface area contributed by atoms with Crippen molar-refractivity contribution in [1.82, 2.24) is 4.90 Å². The van der Waals surface area contributed by atoms with Gasteiger partial charge in [-0.15, -0.1) is 0 Å². The van der Waals surface area contributed by atoms with Gasteiger partial charge in [0, 0.05) is 13.0 Å². The van der Waals surface area contributed by atoms with E-state index < -0.39 is 5.54 Å². The quantitative estimate of drug-likeness (QED) is 0.890. The van der Waals surface area contributed by atoms with E-state index in [4.69, 9.17) is 5.73 Å². The van der Waals surface area contributed by atoms with Gasteiger partial charge >= 0.3 is 6.03 Å². The number of hydrogen-bond acceptors (Lipinski definition) is 2. The molecule has 0 bridgehead atoms. The maximum absolute atomic E-state index is 13.2. The Kier molecular flexibility index (Phi) is 3.07. The van der Waals surface area contributed by atoms with Crippen molar-refractivity contribution in [2.75, 3.05) is 6.54 Å². The summed E-state index contributed by atoms with van der Waals surface area (Å²) in [6.07, 6.45) is 0.458. The van der Waals surface area contributed by atoms with Crippen LogP contribution in [-0.2, 0) is 6.42 Å². The lowest BCUT2D eigenvalue weighted by Crippen LogP contribution is -2.53. The van der Waals surface area contributed by atoms with E-state index in [2.05, 4.69) is 4.99 Å². The number of likely N-dealkylation sites (N-methyl/N-ethyl adjacent to an activating group) is 1. The van der Waals surface area contributed by atoms with Crippen LogP contribution in [0.1, 0.15) is 19.4 Å². The number of amides is 2. The first kappa shape index (κ1) is 12.5. The monoisotopic (exact) mass is 249 g/mol. The highest BCUT2D eigenvalue weighted by molar-refractivity contribution is 6.05. The predicted molar refractivity (Wildman–Crippen MR) is 67.9 cm³/mol. The average molecular weight is 249 g/mol. The maximum Gasteiger partial charge on any atom is 0.346 e. The molecule has 1 aliphatic rings. The Labute approximate surface area is 105 Å². The number of carbonyl (C=O) groups excluding carboxylic acids is 1. The van der Waals surface area contributed by atoms with Crippen LogP contribution in [-0.4, -0.2) is 28.9 Å². The van der Waals surface area contributed by atoms with Crippen molar-refractivity contribution in [3.63, 3.8) is 0 Å². The van der Waals surface area contributed by atoms with Gasteiger partial charge in [0.15, 0.2) is 0 Å². The van der Waals surface area contributed by atoms with Crippen LogP contribution in [0.15, 0.2) is 29.3 Å². The molecule has 5 heteroatoms. The Morgan fingerprint density at radius 1 is 1.50 bits per heavy atom. The van der Waals surface area contributed by atoms with Gasteiger partial charge in [-0.3, -0.25) is 0 Å². The van der Waals surface area contributed by atoms with E-state index in [0.717, 1.165) is 5.56 Å². The molecule has 2 N–H and O–H groups in total. The predicted octanol–water partition coefficient (Wildman–Crippen LogP) is 1.94. The standard InChI is InChI=1S/C13H16FN3O/c1-3-17-12(18)16-11(15)13(17,2)8-9-5-4-6-10(14)7-9/h4-7H,3,8H2,1-2H3,(H2,15,16,18). The van der Waals surface area contributed by atoms with Crippen LogP contribution in [0.5, 0.6) is 0 Å². The fourth-order valence-corrected chi connectivity index (χ4v) is 2.35.